The van der Waals surface area contributed by atoms with E-state index in [4.69, 9.17) is 0 Å². The van der Waals surface area contributed by atoms with Gasteiger partial charge in [0.25, 0.3) is 0 Å². The van der Waals surface area contributed by atoms with Crippen LogP contribution in [0, 0.1) is 5.92 Å². The van der Waals surface area contributed by atoms with E-state index in [1.807, 2.05) is 32.0 Å². The van der Waals surface area contributed by atoms with Crippen molar-refractivity contribution in [2.45, 2.75) is 20.8 Å². The molecule has 92 valence electrons. The maximum absolute atomic E-state index is 12.1. The van der Waals surface area contributed by atoms with Crippen LogP contribution < -0.4 is 0 Å². The maximum atomic E-state index is 12.1. The van der Waals surface area contributed by atoms with Crippen LogP contribution >= 0.6 is 0 Å². The second-order valence-corrected chi connectivity index (χ2v) is 3.96. The summed E-state index contributed by atoms with van der Waals surface area (Å²) in [6, 6.07) is 8.96. The van der Waals surface area contributed by atoms with Gasteiger partial charge in [0.05, 0.1) is 5.92 Å². The van der Waals surface area contributed by atoms with E-state index in [1.165, 1.54) is 0 Å². The Bertz CT molecular complexity index is 382. The van der Waals surface area contributed by atoms with Crippen molar-refractivity contribution in [3.8, 4) is 0 Å². The summed E-state index contributed by atoms with van der Waals surface area (Å²) in [4.78, 5) is 25.8. The van der Waals surface area contributed by atoms with Crippen LogP contribution in [0.4, 0.5) is 0 Å². The summed E-state index contributed by atoms with van der Waals surface area (Å²) in [5.41, 5.74) is 0.598. The Kier molecular flexibility index (Phi) is 4.88. The molecule has 0 heterocycles. The third-order valence-electron chi connectivity index (χ3n) is 2.90. The Hall–Kier alpha value is -1.64. The first-order valence-electron chi connectivity index (χ1n) is 5.99. The zero-order chi connectivity index (χ0) is 12.8. The van der Waals surface area contributed by atoms with Gasteiger partial charge in [-0.25, -0.2) is 0 Å². The summed E-state index contributed by atoms with van der Waals surface area (Å²) in [5.74, 6) is -0.802. The minimum Gasteiger partial charge on any atom is -0.343 e. The first-order valence-corrected chi connectivity index (χ1v) is 5.99. The first kappa shape index (κ1) is 13.4. The fourth-order valence-electron chi connectivity index (χ4n) is 1.77. The predicted molar refractivity (Wildman–Crippen MR) is 67.9 cm³/mol. The topological polar surface area (TPSA) is 37.4 Å². The average Bonchev–Trinajstić information content (AvgIpc) is 2.39. The van der Waals surface area contributed by atoms with Crippen molar-refractivity contribution in [3.63, 3.8) is 0 Å². The van der Waals surface area contributed by atoms with Crippen LogP contribution in [-0.4, -0.2) is 29.7 Å². The molecule has 0 bridgehead atoms. The summed E-state index contributed by atoms with van der Waals surface area (Å²) in [7, 11) is 0. The van der Waals surface area contributed by atoms with Crippen LogP contribution in [0.25, 0.3) is 0 Å². The lowest BCUT2D eigenvalue weighted by atomic mass is 9.98. The highest BCUT2D eigenvalue weighted by Gasteiger charge is 2.25. The van der Waals surface area contributed by atoms with Crippen molar-refractivity contribution in [1.29, 1.82) is 0 Å². The molecular formula is C14H19NO2. The van der Waals surface area contributed by atoms with E-state index >= 15 is 0 Å². The van der Waals surface area contributed by atoms with Gasteiger partial charge >= 0.3 is 0 Å². The third-order valence-corrected chi connectivity index (χ3v) is 2.90. The molecule has 0 aliphatic rings. The molecule has 0 spiro atoms. The molecule has 3 heteroatoms. The molecule has 0 saturated carbocycles. The van der Waals surface area contributed by atoms with Crippen LogP contribution in [0.1, 0.15) is 31.1 Å². The molecule has 0 unspecified atom stereocenters. The Morgan fingerprint density at radius 1 is 1.12 bits per heavy atom. The van der Waals surface area contributed by atoms with E-state index in [0.717, 1.165) is 0 Å². The zero-order valence-electron chi connectivity index (χ0n) is 10.6. The van der Waals surface area contributed by atoms with Crippen LogP contribution in [-0.2, 0) is 4.79 Å². The van der Waals surface area contributed by atoms with Crippen LogP contribution in [0.15, 0.2) is 30.3 Å². The first-order chi connectivity index (χ1) is 8.11. The number of benzene rings is 1. The van der Waals surface area contributed by atoms with Crippen LogP contribution in [0.5, 0.6) is 0 Å². The van der Waals surface area contributed by atoms with E-state index in [1.54, 1.807) is 24.0 Å². The fourth-order valence-corrected chi connectivity index (χ4v) is 1.77. The highest BCUT2D eigenvalue weighted by molar-refractivity contribution is 6.09. The largest absolute Gasteiger partial charge is 0.343 e. The number of rotatable bonds is 5. The Morgan fingerprint density at radius 3 is 2.12 bits per heavy atom. The van der Waals surface area contributed by atoms with Gasteiger partial charge < -0.3 is 4.90 Å². The summed E-state index contributed by atoms with van der Waals surface area (Å²) >= 11 is 0. The second-order valence-electron chi connectivity index (χ2n) is 3.96. The van der Waals surface area contributed by atoms with E-state index in [0.29, 0.717) is 18.7 Å². The molecule has 0 aliphatic heterocycles. The monoisotopic (exact) mass is 233 g/mol. The van der Waals surface area contributed by atoms with E-state index < -0.39 is 5.92 Å². The number of ketones is 1. The Morgan fingerprint density at radius 2 is 1.65 bits per heavy atom. The Balaban J connectivity index is 2.80. The van der Waals surface area contributed by atoms with Crippen molar-refractivity contribution in [1.82, 2.24) is 4.90 Å². The third kappa shape index (κ3) is 3.16. The number of carbonyl (C=O) groups is 2. The SMILES string of the molecule is CCN(CC)C(=O)[C@@H](C)C(=O)c1ccccc1. The number of Topliss-reactive ketones (excluding diaryl/α,β-unsaturated/α-hetero) is 1. The molecule has 0 N–H and O–H groups in total. The van der Waals surface area contributed by atoms with E-state index in [-0.39, 0.29) is 11.7 Å². The van der Waals surface area contributed by atoms with Crippen molar-refractivity contribution in [3.05, 3.63) is 35.9 Å². The molecule has 0 aliphatic carbocycles. The van der Waals surface area contributed by atoms with Crippen molar-refractivity contribution < 1.29 is 9.59 Å². The smallest absolute Gasteiger partial charge is 0.233 e. The van der Waals surface area contributed by atoms with Gasteiger partial charge in [0.15, 0.2) is 5.78 Å². The van der Waals surface area contributed by atoms with Crippen molar-refractivity contribution >= 4 is 11.7 Å². The molecule has 0 radical (unpaired) electrons. The zero-order valence-corrected chi connectivity index (χ0v) is 10.6. The van der Waals surface area contributed by atoms with E-state index in [2.05, 4.69) is 0 Å². The van der Waals surface area contributed by atoms with Gasteiger partial charge in [-0.2, -0.15) is 0 Å². The highest BCUT2D eigenvalue weighted by Crippen LogP contribution is 2.11. The number of hydrogen-bond acceptors (Lipinski definition) is 2. The lowest BCUT2D eigenvalue weighted by Gasteiger charge is -2.22. The predicted octanol–water partition coefficient (Wildman–Crippen LogP) is 2.37. The van der Waals surface area contributed by atoms with Crippen molar-refractivity contribution in [2.75, 3.05) is 13.1 Å². The minimum atomic E-state index is -0.600. The van der Waals surface area contributed by atoms with Crippen LogP contribution in [0.3, 0.4) is 0 Å². The number of amides is 1. The number of carbonyl (C=O) groups excluding carboxylic acids is 2. The molecule has 1 rings (SSSR count). The molecule has 0 saturated heterocycles. The summed E-state index contributed by atoms with van der Waals surface area (Å²) < 4.78 is 0. The van der Waals surface area contributed by atoms with Gasteiger partial charge in [-0.15, -0.1) is 0 Å². The van der Waals surface area contributed by atoms with Gasteiger partial charge in [0.1, 0.15) is 0 Å². The van der Waals surface area contributed by atoms with Gasteiger partial charge in [0, 0.05) is 18.7 Å². The van der Waals surface area contributed by atoms with Gasteiger partial charge in [-0.3, -0.25) is 9.59 Å². The normalized spacial score (nSPS) is 11.9. The van der Waals surface area contributed by atoms with E-state index in [9.17, 15) is 9.59 Å². The molecule has 1 aromatic carbocycles. The summed E-state index contributed by atoms with van der Waals surface area (Å²) in [6.07, 6.45) is 0. The minimum absolute atomic E-state index is 0.0937. The Labute approximate surface area is 102 Å². The highest BCUT2D eigenvalue weighted by atomic mass is 16.2. The van der Waals surface area contributed by atoms with Crippen LogP contribution in [0.2, 0.25) is 0 Å². The number of nitrogens with zero attached hydrogens (tertiary/aromatic N) is 1. The van der Waals surface area contributed by atoms with Gasteiger partial charge in [0.2, 0.25) is 5.91 Å². The van der Waals surface area contributed by atoms with Crippen molar-refractivity contribution in [2.24, 2.45) is 5.92 Å². The quantitative estimate of drug-likeness (QED) is 0.578. The fraction of sp³-hybridized carbons (Fsp3) is 0.429. The summed E-state index contributed by atoms with van der Waals surface area (Å²) in [5, 5.41) is 0. The lowest BCUT2D eigenvalue weighted by Crippen LogP contribution is -2.37. The van der Waals surface area contributed by atoms with Gasteiger partial charge in [-0.1, -0.05) is 30.3 Å². The molecule has 1 aromatic rings. The standard InChI is InChI=1S/C14H19NO2/c1-4-15(5-2)14(17)11(3)13(16)12-9-7-6-8-10-12/h6-11H,4-5H2,1-3H3/t11-/m0/s1. The van der Waals surface area contributed by atoms with Gasteiger partial charge in [-0.05, 0) is 20.8 Å². The molecule has 1 atom stereocenters. The summed E-state index contributed by atoms with van der Waals surface area (Å²) in [6.45, 7) is 6.79. The molecule has 17 heavy (non-hydrogen) atoms. The molecule has 1 amide bonds. The molecule has 3 nitrogen and oxygen atoms in total. The number of hydrogen-bond donors (Lipinski definition) is 0. The lowest BCUT2D eigenvalue weighted by molar-refractivity contribution is -0.133. The molecular weight excluding hydrogens is 214 g/mol. The second kappa shape index (κ2) is 6.18. The molecule has 0 fully saturated rings. The average molecular weight is 233 g/mol. The molecule has 0 aromatic heterocycles. The maximum Gasteiger partial charge on any atom is 0.233 e.